The molecule has 1 heterocycles. The van der Waals surface area contributed by atoms with Crippen LogP contribution in [0, 0.1) is 0 Å². The molecule has 0 spiro atoms. The lowest BCUT2D eigenvalue weighted by Crippen LogP contribution is -2.34. The minimum atomic E-state index is 0.112. The summed E-state index contributed by atoms with van der Waals surface area (Å²) < 4.78 is 5.69. The van der Waals surface area contributed by atoms with Crippen molar-refractivity contribution in [3.05, 3.63) is 23.2 Å². The third-order valence-corrected chi connectivity index (χ3v) is 2.81. The summed E-state index contributed by atoms with van der Waals surface area (Å²) in [4.78, 5) is 0. The largest absolute Gasteiger partial charge is 0.504 e. The van der Waals surface area contributed by atoms with E-state index in [1.54, 1.807) is 18.2 Å². The van der Waals surface area contributed by atoms with E-state index in [2.05, 4.69) is 5.32 Å². The van der Waals surface area contributed by atoms with E-state index in [9.17, 15) is 5.11 Å². The van der Waals surface area contributed by atoms with Gasteiger partial charge in [0.1, 0.15) is 6.10 Å². The van der Waals surface area contributed by atoms with Gasteiger partial charge in [-0.25, -0.2) is 0 Å². The minimum Gasteiger partial charge on any atom is -0.504 e. The Kier molecular flexibility index (Phi) is 3.34. The van der Waals surface area contributed by atoms with Gasteiger partial charge in [0.05, 0.1) is 5.02 Å². The van der Waals surface area contributed by atoms with E-state index in [0.717, 1.165) is 25.9 Å². The fourth-order valence-electron chi connectivity index (χ4n) is 1.69. The molecule has 2 rings (SSSR count). The van der Waals surface area contributed by atoms with Gasteiger partial charge in [0.25, 0.3) is 0 Å². The van der Waals surface area contributed by atoms with Crippen molar-refractivity contribution in [3.63, 3.8) is 0 Å². The number of rotatable bonds is 2. The fraction of sp³-hybridized carbons (Fsp3) is 0.455. The number of hydrogen-bond acceptors (Lipinski definition) is 3. The zero-order valence-corrected chi connectivity index (χ0v) is 9.13. The van der Waals surface area contributed by atoms with Crippen molar-refractivity contribution in [3.8, 4) is 11.5 Å². The quantitative estimate of drug-likeness (QED) is 0.814. The SMILES string of the molecule is Oc1cccc(Cl)c1OC1CCNCC1. The number of phenols is 1. The molecule has 2 N–H and O–H groups in total. The first-order valence-electron chi connectivity index (χ1n) is 5.12. The smallest absolute Gasteiger partial charge is 0.179 e. The second-order valence-electron chi connectivity index (χ2n) is 3.66. The molecule has 15 heavy (non-hydrogen) atoms. The fourth-order valence-corrected chi connectivity index (χ4v) is 1.91. The summed E-state index contributed by atoms with van der Waals surface area (Å²) in [5.41, 5.74) is 0. The number of ether oxygens (including phenoxy) is 1. The molecule has 1 aliphatic rings. The lowest BCUT2D eigenvalue weighted by molar-refractivity contribution is 0.157. The van der Waals surface area contributed by atoms with Crippen LogP contribution in [0.25, 0.3) is 0 Å². The number of nitrogens with one attached hydrogen (secondary N) is 1. The molecule has 0 saturated carbocycles. The van der Waals surface area contributed by atoms with E-state index in [4.69, 9.17) is 16.3 Å². The van der Waals surface area contributed by atoms with Crippen molar-refractivity contribution in [1.82, 2.24) is 5.32 Å². The Bertz CT molecular complexity index is 317. The van der Waals surface area contributed by atoms with Crippen molar-refractivity contribution in [2.24, 2.45) is 0 Å². The van der Waals surface area contributed by atoms with Crippen molar-refractivity contribution in [2.75, 3.05) is 13.1 Å². The molecule has 0 radical (unpaired) electrons. The molecule has 4 heteroatoms. The Balaban J connectivity index is 2.09. The molecular weight excluding hydrogens is 214 g/mol. The maximum atomic E-state index is 9.60. The number of hydrogen-bond donors (Lipinski definition) is 2. The second kappa shape index (κ2) is 4.73. The molecule has 1 saturated heterocycles. The average molecular weight is 228 g/mol. The van der Waals surface area contributed by atoms with Crippen LogP contribution in [-0.2, 0) is 0 Å². The summed E-state index contributed by atoms with van der Waals surface area (Å²) in [5, 5.41) is 13.3. The standard InChI is InChI=1S/C11H14ClNO2/c12-9-2-1-3-10(14)11(9)15-8-4-6-13-7-5-8/h1-3,8,13-14H,4-7H2. The Morgan fingerprint density at radius 3 is 2.73 bits per heavy atom. The summed E-state index contributed by atoms with van der Waals surface area (Å²) in [6, 6.07) is 5.01. The lowest BCUT2D eigenvalue weighted by Gasteiger charge is -2.24. The van der Waals surface area contributed by atoms with Crippen LogP contribution < -0.4 is 10.1 Å². The molecule has 3 nitrogen and oxygen atoms in total. The first-order chi connectivity index (χ1) is 7.27. The van der Waals surface area contributed by atoms with Gasteiger partial charge in [-0.15, -0.1) is 0 Å². The van der Waals surface area contributed by atoms with Gasteiger partial charge in [-0.3, -0.25) is 0 Å². The topological polar surface area (TPSA) is 41.5 Å². The highest BCUT2D eigenvalue weighted by Gasteiger charge is 2.17. The minimum absolute atomic E-state index is 0.112. The second-order valence-corrected chi connectivity index (χ2v) is 4.06. The predicted octanol–water partition coefficient (Wildman–Crippen LogP) is 2.18. The van der Waals surface area contributed by atoms with Crippen LogP contribution in [0.3, 0.4) is 0 Å². The van der Waals surface area contributed by atoms with E-state index >= 15 is 0 Å². The lowest BCUT2D eigenvalue weighted by atomic mass is 10.1. The van der Waals surface area contributed by atoms with E-state index in [0.29, 0.717) is 10.8 Å². The normalized spacial score (nSPS) is 17.7. The van der Waals surface area contributed by atoms with E-state index < -0.39 is 0 Å². The highest BCUT2D eigenvalue weighted by molar-refractivity contribution is 6.32. The van der Waals surface area contributed by atoms with Gasteiger partial charge in [-0.2, -0.15) is 0 Å². The van der Waals surface area contributed by atoms with Gasteiger partial charge in [-0.05, 0) is 38.1 Å². The Hall–Kier alpha value is -0.930. The van der Waals surface area contributed by atoms with E-state index in [1.165, 1.54) is 0 Å². The number of para-hydroxylation sites is 1. The van der Waals surface area contributed by atoms with Crippen LogP contribution in [-0.4, -0.2) is 24.3 Å². The number of halogens is 1. The van der Waals surface area contributed by atoms with Crippen LogP contribution >= 0.6 is 11.6 Å². The molecule has 0 aromatic heterocycles. The van der Waals surface area contributed by atoms with Gasteiger partial charge in [0.15, 0.2) is 11.5 Å². The predicted molar refractivity (Wildman–Crippen MR) is 59.6 cm³/mol. The van der Waals surface area contributed by atoms with Gasteiger partial charge >= 0.3 is 0 Å². The van der Waals surface area contributed by atoms with Gasteiger partial charge in [0.2, 0.25) is 0 Å². The maximum absolute atomic E-state index is 9.60. The van der Waals surface area contributed by atoms with Crippen molar-refractivity contribution in [2.45, 2.75) is 18.9 Å². The maximum Gasteiger partial charge on any atom is 0.179 e. The third kappa shape index (κ3) is 2.55. The first kappa shape index (κ1) is 10.6. The number of piperidine rings is 1. The molecular formula is C11H14ClNO2. The number of phenolic OH excluding ortho intramolecular Hbond substituents is 1. The van der Waals surface area contributed by atoms with Crippen LogP contribution in [0.4, 0.5) is 0 Å². The molecule has 1 aromatic carbocycles. The van der Waals surface area contributed by atoms with Crippen molar-refractivity contribution < 1.29 is 9.84 Å². The zero-order chi connectivity index (χ0) is 10.7. The molecule has 82 valence electrons. The third-order valence-electron chi connectivity index (χ3n) is 2.52. The Labute approximate surface area is 94.0 Å². The highest BCUT2D eigenvalue weighted by atomic mass is 35.5. The molecule has 1 aliphatic heterocycles. The van der Waals surface area contributed by atoms with Crippen LogP contribution in [0.2, 0.25) is 5.02 Å². The summed E-state index contributed by atoms with van der Waals surface area (Å²) in [6.45, 7) is 1.91. The number of benzene rings is 1. The summed E-state index contributed by atoms with van der Waals surface area (Å²) in [5.74, 6) is 0.520. The molecule has 0 bridgehead atoms. The Morgan fingerprint density at radius 1 is 1.33 bits per heavy atom. The number of aromatic hydroxyl groups is 1. The summed E-state index contributed by atoms with van der Waals surface area (Å²) in [6.07, 6.45) is 2.05. The van der Waals surface area contributed by atoms with Gasteiger partial charge in [-0.1, -0.05) is 17.7 Å². The Morgan fingerprint density at radius 2 is 2.07 bits per heavy atom. The highest BCUT2D eigenvalue weighted by Crippen LogP contribution is 2.35. The molecule has 1 fully saturated rings. The van der Waals surface area contributed by atoms with Crippen LogP contribution in [0.1, 0.15) is 12.8 Å². The average Bonchev–Trinajstić information content (AvgIpc) is 2.25. The monoisotopic (exact) mass is 227 g/mol. The van der Waals surface area contributed by atoms with Crippen molar-refractivity contribution in [1.29, 1.82) is 0 Å². The molecule has 0 amide bonds. The van der Waals surface area contributed by atoms with E-state index in [1.807, 2.05) is 0 Å². The zero-order valence-electron chi connectivity index (χ0n) is 8.37. The molecule has 0 unspecified atom stereocenters. The van der Waals surface area contributed by atoms with Gasteiger partial charge in [0, 0.05) is 0 Å². The summed E-state index contributed by atoms with van der Waals surface area (Å²) in [7, 11) is 0. The van der Waals surface area contributed by atoms with Crippen LogP contribution in [0.15, 0.2) is 18.2 Å². The summed E-state index contributed by atoms with van der Waals surface area (Å²) >= 11 is 5.95. The first-order valence-corrected chi connectivity index (χ1v) is 5.50. The van der Waals surface area contributed by atoms with Gasteiger partial charge < -0.3 is 15.2 Å². The van der Waals surface area contributed by atoms with Crippen LogP contribution in [0.5, 0.6) is 11.5 Å². The van der Waals surface area contributed by atoms with E-state index in [-0.39, 0.29) is 11.9 Å². The van der Waals surface area contributed by atoms with Crippen molar-refractivity contribution >= 4 is 11.6 Å². The molecule has 1 aromatic rings. The molecule has 0 aliphatic carbocycles. The molecule has 0 atom stereocenters.